The first-order valence-electron chi connectivity index (χ1n) is 5.24. The summed E-state index contributed by atoms with van der Waals surface area (Å²) in [7, 11) is 0. The Balaban J connectivity index is 2.03. The Morgan fingerprint density at radius 3 is 3.00 bits per heavy atom. The van der Waals surface area contributed by atoms with E-state index in [1.165, 1.54) is 0 Å². The maximum absolute atomic E-state index is 11.0. The van der Waals surface area contributed by atoms with Gasteiger partial charge < -0.3 is 10.2 Å². The van der Waals surface area contributed by atoms with Crippen molar-refractivity contribution in [1.29, 1.82) is 0 Å². The number of rotatable bonds is 1. The minimum atomic E-state index is -0.0551. The van der Waals surface area contributed by atoms with Crippen molar-refractivity contribution in [2.24, 2.45) is 5.10 Å². The third kappa shape index (κ3) is 1.73. The summed E-state index contributed by atoms with van der Waals surface area (Å²) in [5.74, 6) is -0.0551. The zero-order valence-corrected chi connectivity index (χ0v) is 8.93. The van der Waals surface area contributed by atoms with Gasteiger partial charge in [-0.05, 0) is 18.2 Å². The molecule has 1 amide bonds. The lowest BCUT2D eigenvalue weighted by molar-refractivity contribution is -0.121. The van der Waals surface area contributed by atoms with E-state index in [9.17, 15) is 4.79 Å². The number of nitrogens with zero attached hydrogens (tertiary/aromatic N) is 2. The lowest BCUT2D eigenvalue weighted by Crippen LogP contribution is -2.25. The first kappa shape index (κ1) is 9.83. The number of nitrogen functional groups attached to an aromatic ring is 1. The average Bonchev–Trinajstić information content (AvgIpc) is 2.69. The summed E-state index contributed by atoms with van der Waals surface area (Å²) in [5.41, 5.74) is 11.0. The van der Waals surface area contributed by atoms with Gasteiger partial charge in [-0.25, -0.2) is 5.43 Å². The number of hydrazone groups is 1. The summed E-state index contributed by atoms with van der Waals surface area (Å²) >= 11 is 0. The second kappa shape index (κ2) is 3.58. The summed E-state index contributed by atoms with van der Waals surface area (Å²) in [6.07, 6.45) is 1.09. The number of oxazole rings is 1. The molecule has 1 aliphatic rings. The molecule has 1 aromatic heterocycles. The minimum absolute atomic E-state index is 0.0551. The third-order valence-electron chi connectivity index (χ3n) is 2.64. The van der Waals surface area contributed by atoms with Crippen molar-refractivity contribution in [2.45, 2.75) is 12.8 Å². The van der Waals surface area contributed by atoms with Crippen molar-refractivity contribution in [3.05, 3.63) is 23.8 Å². The van der Waals surface area contributed by atoms with Gasteiger partial charge in [0, 0.05) is 18.4 Å². The zero-order valence-electron chi connectivity index (χ0n) is 8.93. The van der Waals surface area contributed by atoms with Crippen LogP contribution in [0.5, 0.6) is 0 Å². The number of benzene rings is 1. The Hall–Kier alpha value is -2.37. The molecule has 0 atom stereocenters. The molecular weight excluding hydrogens is 220 g/mol. The molecule has 0 aliphatic carbocycles. The number of fused-ring (bicyclic) bond motifs is 1. The Labute approximate surface area is 96.5 Å². The summed E-state index contributed by atoms with van der Waals surface area (Å²) in [5, 5.41) is 4.02. The van der Waals surface area contributed by atoms with Crippen LogP contribution in [0.3, 0.4) is 0 Å². The maximum atomic E-state index is 11.0. The van der Waals surface area contributed by atoms with Gasteiger partial charge >= 0.3 is 0 Å². The van der Waals surface area contributed by atoms with Crippen molar-refractivity contribution in [1.82, 2.24) is 10.4 Å². The monoisotopic (exact) mass is 230 g/mol. The molecule has 0 fully saturated rings. The van der Waals surface area contributed by atoms with E-state index in [1.807, 2.05) is 12.1 Å². The molecular formula is C11H10N4O2. The number of carbonyl (C=O) groups is 1. The van der Waals surface area contributed by atoms with E-state index in [0.717, 1.165) is 11.3 Å². The van der Waals surface area contributed by atoms with Gasteiger partial charge in [0.05, 0.1) is 5.71 Å². The summed E-state index contributed by atoms with van der Waals surface area (Å²) in [4.78, 5) is 15.0. The molecule has 86 valence electrons. The molecule has 0 bridgehead atoms. The Kier molecular flexibility index (Phi) is 2.07. The largest absolute Gasteiger partial charge is 0.424 e. The number of nitrogens with two attached hydrogens (primary N) is 1. The fraction of sp³-hybridized carbons (Fsp3) is 0.182. The highest BCUT2D eigenvalue weighted by atomic mass is 16.4. The lowest BCUT2D eigenvalue weighted by Gasteiger charge is -2.11. The lowest BCUT2D eigenvalue weighted by atomic mass is 10.0. The Morgan fingerprint density at radius 2 is 2.24 bits per heavy atom. The molecule has 6 nitrogen and oxygen atoms in total. The number of amides is 1. The van der Waals surface area contributed by atoms with Gasteiger partial charge in [0.25, 0.3) is 6.01 Å². The van der Waals surface area contributed by atoms with E-state index in [-0.39, 0.29) is 11.9 Å². The molecule has 0 saturated heterocycles. The van der Waals surface area contributed by atoms with Gasteiger partial charge in [0.1, 0.15) is 5.52 Å². The molecule has 0 unspecified atom stereocenters. The maximum Gasteiger partial charge on any atom is 0.292 e. The Bertz CT molecular complexity index is 629. The SMILES string of the molecule is Nc1nc2cc(C3=NNC(=O)CC3)ccc2o1. The van der Waals surface area contributed by atoms with Gasteiger partial charge in [0.15, 0.2) is 5.58 Å². The molecule has 6 heteroatoms. The molecule has 0 radical (unpaired) electrons. The zero-order chi connectivity index (χ0) is 11.8. The van der Waals surface area contributed by atoms with Gasteiger partial charge in [-0.2, -0.15) is 10.1 Å². The van der Waals surface area contributed by atoms with Crippen LogP contribution in [0.25, 0.3) is 11.1 Å². The average molecular weight is 230 g/mol. The van der Waals surface area contributed by atoms with E-state index < -0.39 is 0 Å². The topological polar surface area (TPSA) is 93.5 Å². The van der Waals surface area contributed by atoms with E-state index >= 15 is 0 Å². The van der Waals surface area contributed by atoms with E-state index in [1.54, 1.807) is 6.07 Å². The number of hydrogen-bond acceptors (Lipinski definition) is 5. The molecule has 2 heterocycles. The van der Waals surface area contributed by atoms with Crippen LogP contribution in [-0.2, 0) is 4.79 Å². The minimum Gasteiger partial charge on any atom is -0.424 e. The van der Waals surface area contributed by atoms with Crippen molar-refractivity contribution in [3.63, 3.8) is 0 Å². The second-order valence-corrected chi connectivity index (χ2v) is 3.83. The number of aromatic nitrogens is 1. The molecule has 3 N–H and O–H groups in total. The Morgan fingerprint density at radius 1 is 1.35 bits per heavy atom. The summed E-state index contributed by atoms with van der Waals surface area (Å²) in [6, 6.07) is 5.68. The van der Waals surface area contributed by atoms with Crippen LogP contribution < -0.4 is 11.2 Å². The van der Waals surface area contributed by atoms with E-state index in [2.05, 4.69) is 15.5 Å². The fourth-order valence-electron chi connectivity index (χ4n) is 1.81. The van der Waals surface area contributed by atoms with Crippen LogP contribution in [0.2, 0.25) is 0 Å². The van der Waals surface area contributed by atoms with E-state index in [4.69, 9.17) is 10.2 Å². The van der Waals surface area contributed by atoms with Gasteiger partial charge in [-0.1, -0.05) is 0 Å². The summed E-state index contributed by atoms with van der Waals surface area (Å²) in [6.45, 7) is 0. The summed E-state index contributed by atoms with van der Waals surface area (Å²) < 4.78 is 5.18. The van der Waals surface area contributed by atoms with Crippen molar-refractivity contribution in [3.8, 4) is 0 Å². The van der Waals surface area contributed by atoms with Crippen molar-refractivity contribution >= 4 is 28.7 Å². The molecule has 17 heavy (non-hydrogen) atoms. The number of nitrogens with one attached hydrogen (secondary N) is 1. The molecule has 0 saturated carbocycles. The van der Waals surface area contributed by atoms with Crippen LogP contribution in [0.1, 0.15) is 18.4 Å². The number of carbonyl (C=O) groups excluding carboxylic acids is 1. The van der Waals surface area contributed by atoms with Gasteiger partial charge in [-0.3, -0.25) is 4.79 Å². The van der Waals surface area contributed by atoms with Crippen LogP contribution in [0.15, 0.2) is 27.7 Å². The van der Waals surface area contributed by atoms with Gasteiger partial charge in [-0.15, -0.1) is 0 Å². The fourth-order valence-corrected chi connectivity index (χ4v) is 1.81. The number of hydrogen-bond donors (Lipinski definition) is 2. The van der Waals surface area contributed by atoms with Crippen molar-refractivity contribution < 1.29 is 9.21 Å². The first-order chi connectivity index (χ1) is 8.22. The van der Waals surface area contributed by atoms with Crippen LogP contribution in [0, 0.1) is 0 Å². The molecule has 1 aromatic carbocycles. The van der Waals surface area contributed by atoms with Crippen LogP contribution >= 0.6 is 0 Å². The van der Waals surface area contributed by atoms with Crippen LogP contribution in [0.4, 0.5) is 6.01 Å². The molecule has 0 spiro atoms. The quantitative estimate of drug-likeness (QED) is 0.764. The first-order valence-corrected chi connectivity index (χ1v) is 5.24. The van der Waals surface area contributed by atoms with E-state index in [0.29, 0.717) is 23.9 Å². The second-order valence-electron chi connectivity index (χ2n) is 3.83. The normalized spacial score (nSPS) is 15.8. The standard InChI is InChI=1S/C11H10N4O2/c12-11-13-8-5-6(1-3-9(8)17-11)7-2-4-10(16)15-14-7/h1,3,5H,2,4H2,(H2,12,13)(H,15,16). The number of anilines is 1. The smallest absolute Gasteiger partial charge is 0.292 e. The predicted octanol–water partition coefficient (Wildman–Crippen LogP) is 1.02. The van der Waals surface area contributed by atoms with Crippen LogP contribution in [-0.4, -0.2) is 16.6 Å². The predicted molar refractivity (Wildman–Crippen MR) is 62.3 cm³/mol. The highest BCUT2D eigenvalue weighted by molar-refractivity contribution is 6.05. The third-order valence-corrected chi connectivity index (χ3v) is 2.64. The van der Waals surface area contributed by atoms with Gasteiger partial charge in [0.2, 0.25) is 5.91 Å². The highest BCUT2D eigenvalue weighted by Gasteiger charge is 2.14. The molecule has 2 aromatic rings. The highest BCUT2D eigenvalue weighted by Crippen LogP contribution is 2.20. The van der Waals surface area contributed by atoms with Crippen molar-refractivity contribution in [2.75, 3.05) is 5.73 Å². The molecule has 1 aliphatic heterocycles. The molecule has 3 rings (SSSR count).